The number of rotatable bonds is 5. The highest BCUT2D eigenvalue weighted by atomic mass is 19.1. The molecule has 3 rings (SSSR count). The Morgan fingerprint density at radius 3 is 2.71 bits per heavy atom. The summed E-state index contributed by atoms with van der Waals surface area (Å²) in [5.41, 5.74) is 1.04. The Labute approximate surface area is 124 Å². The highest BCUT2D eigenvalue weighted by Crippen LogP contribution is 2.49. The maximum Gasteiger partial charge on any atom is 0.310 e. The van der Waals surface area contributed by atoms with Crippen LogP contribution in [0.4, 0.5) is 4.39 Å². The predicted octanol–water partition coefficient (Wildman–Crippen LogP) is 2.89. The Bertz CT molecular complexity index is 502. The van der Waals surface area contributed by atoms with Gasteiger partial charge in [-0.2, -0.15) is 0 Å². The summed E-state index contributed by atoms with van der Waals surface area (Å²) in [5.74, 6) is 0.762. The van der Waals surface area contributed by atoms with E-state index in [1.807, 2.05) is 6.92 Å². The summed E-state index contributed by atoms with van der Waals surface area (Å²) >= 11 is 0. The van der Waals surface area contributed by atoms with E-state index in [1.165, 1.54) is 18.6 Å². The molecule has 3 nitrogen and oxygen atoms in total. The Balaban J connectivity index is 1.65. The van der Waals surface area contributed by atoms with Gasteiger partial charge in [0, 0.05) is 12.6 Å². The van der Waals surface area contributed by atoms with Crippen molar-refractivity contribution in [1.29, 1.82) is 0 Å². The molecule has 2 bridgehead atoms. The number of ether oxygens (including phenoxy) is 1. The molecule has 1 aromatic rings. The largest absolute Gasteiger partial charge is 0.466 e. The normalized spacial score (nSPS) is 30.6. The van der Waals surface area contributed by atoms with Crippen LogP contribution in [-0.4, -0.2) is 18.6 Å². The summed E-state index contributed by atoms with van der Waals surface area (Å²) in [4.78, 5) is 12.2. The maximum atomic E-state index is 12.9. The highest BCUT2D eigenvalue weighted by molar-refractivity contribution is 5.74. The van der Waals surface area contributed by atoms with Crippen LogP contribution in [0.5, 0.6) is 0 Å². The van der Waals surface area contributed by atoms with E-state index in [1.54, 1.807) is 12.1 Å². The molecule has 2 fully saturated rings. The first-order valence-electron chi connectivity index (χ1n) is 7.83. The zero-order chi connectivity index (χ0) is 14.8. The minimum Gasteiger partial charge on any atom is -0.466 e. The van der Waals surface area contributed by atoms with Crippen molar-refractivity contribution < 1.29 is 13.9 Å². The van der Waals surface area contributed by atoms with E-state index in [0.717, 1.165) is 18.4 Å². The number of hydrogen-bond donors (Lipinski definition) is 1. The molecule has 0 spiro atoms. The molecule has 1 N–H and O–H groups in total. The fourth-order valence-corrected chi connectivity index (χ4v) is 4.00. The van der Waals surface area contributed by atoms with Gasteiger partial charge in [-0.25, -0.2) is 4.39 Å². The summed E-state index contributed by atoms with van der Waals surface area (Å²) in [6, 6.07) is 6.72. The van der Waals surface area contributed by atoms with Gasteiger partial charge in [-0.3, -0.25) is 4.79 Å². The number of halogens is 1. The molecule has 2 aliphatic rings. The molecule has 1 aromatic carbocycles. The van der Waals surface area contributed by atoms with Gasteiger partial charge in [0.1, 0.15) is 5.82 Å². The summed E-state index contributed by atoms with van der Waals surface area (Å²) in [5, 5.41) is 3.51. The van der Waals surface area contributed by atoms with Gasteiger partial charge in [-0.1, -0.05) is 12.1 Å². The van der Waals surface area contributed by atoms with Gasteiger partial charge in [-0.05, 0) is 55.7 Å². The van der Waals surface area contributed by atoms with E-state index < -0.39 is 0 Å². The van der Waals surface area contributed by atoms with Crippen LogP contribution in [-0.2, 0) is 16.1 Å². The number of hydrogen-bond acceptors (Lipinski definition) is 3. The van der Waals surface area contributed by atoms with Crippen molar-refractivity contribution in [2.75, 3.05) is 6.61 Å². The van der Waals surface area contributed by atoms with Crippen molar-refractivity contribution in [3.63, 3.8) is 0 Å². The van der Waals surface area contributed by atoms with Crippen LogP contribution in [0.3, 0.4) is 0 Å². The van der Waals surface area contributed by atoms with Crippen LogP contribution in [0.2, 0.25) is 0 Å². The first-order valence-corrected chi connectivity index (χ1v) is 7.83. The van der Waals surface area contributed by atoms with E-state index in [0.29, 0.717) is 25.0 Å². The zero-order valence-corrected chi connectivity index (χ0v) is 12.3. The molecule has 21 heavy (non-hydrogen) atoms. The topological polar surface area (TPSA) is 38.3 Å². The Morgan fingerprint density at radius 2 is 2.00 bits per heavy atom. The molecule has 0 aromatic heterocycles. The summed E-state index contributed by atoms with van der Waals surface area (Å²) in [6.07, 6.45) is 3.47. The summed E-state index contributed by atoms with van der Waals surface area (Å²) in [6.45, 7) is 2.97. The number of carbonyl (C=O) groups excluding carboxylic acids is 1. The minimum absolute atomic E-state index is 0.0100. The fourth-order valence-electron chi connectivity index (χ4n) is 4.00. The van der Waals surface area contributed by atoms with Crippen LogP contribution in [0.25, 0.3) is 0 Å². The Kier molecular flexibility index (Phi) is 4.24. The third kappa shape index (κ3) is 2.95. The third-order valence-electron chi connectivity index (χ3n) is 4.93. The Morgan fingerprint density at radius 1 is 1.29 bits per heavy atom. The van der Waals surface area contributed by atoms with E-state index >= 15 is 0 Å². The van der Waals surface area contributed by atoms with Gasteiger partial charge in [0.05, 0.1) is 12.5 Å². The second-order valence-corrected chi connectivity index (χ2v) is 6.14. The van der Waals surface area contributed by atoms with Crippen LogP contribution in [0.15, 0.2) is 24.3 Å². The van der Waals surface area contributed by atoms with Gasteiger partial charge < -0.3 is 10.1 Å². The maximum absolute atomic E-state index is 12.9. The standard InChI is InChI=1S/C17H22FNO2/c1-2-21-17(20)15-12-5-6-13(9-12)16(15)19-10-11-3-7-14(18)8-4-11/h3-4,7-8,12-13,15-16,19H,2,5-6,9-10H2,1H3/t12?,13-,15?,16?/m1/s1. The average Bonchev–Trinajstić information content (AvgIpc) is 3.07. The Hall–Kier alpha value is -1.42. The third-order valence-corrected chi connectivity index (χ3v) is 4.93. The molecule has 0 saturated heterocycles. The lowest BCUT2D eigenvalue weighted by molar-refractivity contribution is -0.150. The molecular formula is C17H22FNO2. The lowest BCUT2D eigenvalue weighted by atomic mass is 9.84. The summed E-state index contributed by atoms with van der Waals surface area (Å²) < 4.78 is 18.2. The number of carbonyl (C=O) groups is 1. The monoisotopic (exact) mass is 291 g/mol. The van der Waals surface area contributed by atoms with Gasteiger partial charge in [0.25, 0.3) is 0 Å². The second kappa shape index (κ2) is 6.14. The van der Waals surface area contributed by atoms with Crippen molar-refractivity contribution in [3.05, 3.63) is 35.6 Å². The molecule has 0 amide bonds. The lowest BCUT2D eigenvalue weighted by Crippen LogP contribution is -2.44. The van der Waals surface area contributed by atoms with Crippen LogP contribution in [0.1, 0.15) is 31.7 Å². The van der Waals surface area contributed by atoms with Gasteiger partial charge in [0.15, 0.2) is 0 Å². The van der Waals surface area contributed by atoms with Crippen molar-refractivity contribution in [2.45, 2.75) is 38.8 Å². The van der Waals surface area contributed by atoms with E-state index in [2.05, 4.69) is 5.32 Å². The van der Waals surface area contributed by atoms with Crippen LogP contribution >= 0.6 is 0 Å². The van der Waals surface area contributed by atoms with Crippen molar-refractivity contribution in [2.24, 2.45) is 17.8 Å². The quantitative estimate of drug-likeness (QED) is 0.848. The molecule has 2 saturated carbocycles. The lowest BCUT2D eigenvalue weighted by Gasteiger charge is -2.30. The first-order chi connectivity index (χ1) is 10.2. The minimum atomic E-state index is -0.219. The van der Waals surface area contributed by atoms with E-state index in [4.69, 9.17) is 4.74 Å². The molecule has 0 heterocycles. The zero-order valence-electron chi connectivity index (χ0n) is 12.3. The van der Waals surface area contributed by atoms with E-state index in [9.17, 15) is 9.18 Å². The molecule has 2 aliphatic carbocycles. The smallest absolute Gasteiger partial charge is 0.310 e. The molecule has 4 heteroatoms. The fraction of sp³-hybridized carbons (Fsp3) is 0.588. The highest BCUT2D eigenvalue weighted by Gasteiger charge is 2.51. The molecule has 114 valence electrons. The van der Waals surface area contributed by atoms with Crippen molar-refractivity contribution in [3.8, 4) is 0 Å². The van der Waals surface area contributed by atoms with Crippen molar-refractivity contribution >= 4 is 5.97 Å². The van der Waals surface area contributed by atoms with Gasteiger partial charge >= 0.3 is 5.97 Å². The van der Waals surface area contributed by atoms with Gasteiger partial charge in [-0.15, -0.1) is 0 Å². The number of benzene rings is 1. The summed E-state index contributed by atoms with van der Waals surface area (Å²) in [7, 11) is 0. The molecule has 4 atom stereocenters. The number of esters is 1. The molecule has 3 unspecified atom stereocenters. The number of nitrogens with one attached hydrogen (secondary N) is 1. The van der Waals surface area contributed by atoms with Crippen LogP contribution in [0, 0.1) is 23.6 Å². The van der Waals surface area contributed by atoms with Crippen LogP contribution < -0.4 is 5.32 Å². The van der Waals surface area contributed by atoms with E-state index in [-0.39, 0.29) is 23.7 Å². The molecular weight excluding hydrogens is 269 g/mol. The predicted molar refractivity (Wildman–Crippen MR) is 78.0 cm³/mol. The SMILES string of the molecule is CCOC(=O)C1C2CC[C@H](C2)C1NCc1ccc(F)cc1. The second-order valence-electron chi connectivity index (χ2n) is 6.14. The first kappa shape index (κ1) is 14.5. The number of fused-ring (bicyclic) bond motifs is 2. The average molecular weight is 291 g/mol. The van der Waals surface area contributed by atoms with Gasteiger partial charge in [0.2, 0.25) is 0 Å². The molecule has 0 radical (unpaired) electrons. The molecule has 0 aliphatic heterocycles. The van der Waals surface area contributed by atoms with Crippen molar-refractivity contribution in [1.82, 2.24) is 5.32 Å².